The van der Waals surface area contributed by atoms with Gasteiger partial charge in [0.05, 0.1) is 13.8 Å². The van der Waals surface area contributed by atoms with E-state index in [-0.39, 0.29) is 42.7 Å². The van der Waals surface area contributed by atoms with Gasteiger partial charge in [-0.15, -0.1) is 35.7 Å². The Bertz CT molecular complexity index is 3530. The molecule has 0 fully saturated rings. The second-order valence-corrected chi connectivity index (χ2v) is 28.8. The van der Waals surface area contributed by atoms with E-state index in [9.17, 15) is 0 Å². The number of nitrogens with zero attached hydrogens (tertiary/aromatic N) is 3. The van der Waals surface area contributed by atoms with Gasteiger partial charge in [-0.2, -0.15) is 11.3 Å². The van der Waals surface area contributed by atoms with Gasteiger partial charge in [0.1, 0.15) is 5.82 Å². The quantitative estimate of drug-likeness (QED) is 0.116. The third-order valence-electron chi connectivity index (χ3n) is 14.7. The van der Waals surface area contributed by atoms with Crippen LogP contribution in [0.4, 0.5) is 22.7 Å². The average Bonchev–Trinajstić information content (AvgIpc) is 3.78. The Labute approximate surface area is 450 Å². The molecule has 0 spiro atoms. The van der Waals surface area contributed by atoms with Crippen molar-refractivity contribution in [1.29, 1.82) is 0 Å². The van der Waals surface area contributed by atoms with E-state index in [4.69, 9.17) is 16.8 Å². The molecule has 0 amide bonds. The molecular formula is C66H69N4OPtSi-3. The monoisotopic (exact) mass is 1160 g/mol. The molecule has 0 aliphatic carbocycles. The van der Waals surface area contributed by atoms with Gasteiger partial charge in [0, 0.05) is 66.8 Å². The van der Waals surface area contributed by atoms with Gasteiger partial charge < -0.3 is 19.5 Å². The molecule has 73 heavy (non-hydrogen) atoms. The largest absolute Gasteiger partial charge is 0.509 e. The van der Waals surface area contributed by atoms with Crippen LogP contribution in [0.3, 0.4) is 0 Å². The van der Waals surface area contributed by atoms with Gasteiger partial charge in [0.2, 0.25) is 0 Å². The van der Waals surface area contributed by atoms with Crippen molar-refractivity contribution in [3.63, 3.8) is 0 Å². The molecule has 1 aliphatic heterocycles. The van der Waals surface area contributed by atoms with Crippen LogP contribution in [-0.2, 0) is 42.7 Å². The van der Waals surface area contributed by atoms with Crippen LogP contribution < -0.4 is 25.3 Å². The van der Waals surface area contributed by atoms with Crippen LogP contribution in [0.25, 0.3) is 49.9 Å². The maximum absolute atomic E-state index is 6.85. The summed E-state index contributed by atoms with van der Waals surface area (Å²) in [6.45, 7) is 32.4. The normalized spacial score (nSPS) is 13.4. The molecule has 7 heteroatoms. The zero-order chi connectivity index (χ0) is 51.3. The Kier molecular flexibility index (Phi) is 13.2. The van der Waals surface area contributed by atoms with Crippen molar-refractivity contribution in [2.24, 2.45) is 0 Å². The third-order valence-corrected chi connectivity index (χ3v) is 18.2. The van der Waals surface area contributed by atoms with E-state index in [1.807, 2.05) is 24.4 Å². The van der Waals surface area contributed by atoms with E-state index in [0.717, 1.165) is 56.3 Å². The van der Waals surface area contributed by atoms with Crippen LogP contribution in [0.5, 0.6) is 11.5 Å². The van der Waals surface area contributed by atoms with Crippen molar-refractivity contribution in [3.05, 3.63) is 187 Å². The Hall–Kier alpha value is -6.20. The fourth-order valence-electron chi connectivity index (χ4n) is 10.4. The van der Waals surface area contributed by atoms with Gasteiger partial charge in [0.15, 0.2) is 0 Å². The van der Waals surface area contributed by atoms with Crippen LogP contribution in [-0.4, -0.2) is 17.6 Å². The Morgan fingerprint density at radius 2 is 1.16 bits per heavy atom. The fraction of sp³-hybridized carbons (Fsp3) is 0.273. The van der Waals surface area contributed by atoms with Gasteiger partial charge >= 0.3 is 0 Å². The molecule has 5 nitrogen and oxygen atoms in total. The molecule has 1 N–H and O–H groups in total. The van der Waals surface area contributed by atoms with Gasteiger partial charge in [-0.05, 0) is 103 Å². The maximum atomic E-state index is 6.85. The van der Waals surface area contributed by atoms with Gasteiger partial charge in [-0.1, -0.05) is 185 Å². The third kappa shape index (κ3) is 9.63. The second-order valence-electron chi connectivity index (χ2n) is 24.5. The van der Waals surface area contributed by atoms with Gasteiger partial charge in [0.25, 0.3) is 0 Å². The van der Waals surface area contributed by atoms with E-state index in [0.29, 0.717) is 11.5 Å². The zero-order valence-electron chi connectivity index (χ0n) is 45.1. The van der Waals surface area contributed by atoms with Crippen molar-refractivity contribution < 1.29 is 25.8 Å². The summed E-state index contributed by atoms with van der Waals surface area (Å²) < 4.78 is 9.13. The summed E-state index contributed by atoms with van der Waals surface area (Å²) in [5.74, 6) is 2.14. The number of anilines is 4. The first kappa shape index (κ1) is 51.7. The summed E-state index contributed by atoms with van der Waals surface area (Å²) in [7, 11) is 2.86. The molecule has 10 rings (SSSR count). The first-order valence-electron chi connectivity index (χ1n) is 25.5. The van der Waals surface area contributed by atoms with E-state index in [2.05, 4.69) is 244 Å². The smallest absolute Gasteiger partial charge is 0.135 e. The number of pyridine rings is 1. The van der Waals surface area contributed by atoms with E-state index < -0.39 is 8.07 Å². The minimum absolute atomic E-state index is 0. The number of aromatic nitrogens is 2. The number of rotatable bonds is 9. The first-order valence-corrected chi connectivity index (χ1v) is 28.5. The molecule has 3 heterocycles. The number of benzene rings is 7. The minimum atomic E-state index is -2.07. The van der Waals surface area contributed by atoms with E-state index in [1.54, 1.807) is 0 Å². The van der Waals surface area contributed by atoms with Crippen molar-refractivity contribution in [2.45, 2.75) is 118 Å². The molecule has 0 radical (unpaired) electrons. The standard InChI is InChI=1S/C66H69N4OSi.Pt/c1-63(2,3)44-31-32-67-59(38-44)70-55-29-22-30-57-60(55)61-56(70)40-50(41-58(61)72(57,14)15)71-49-26-21-25-48(39-49)68-53-27-19-20-28-54(53)69(13)62-51(42-23-17-16-18-24-42)36-47(66(10,11)12)37-52(62)43-33-45(64(4,5)6)35-46(34-43)65(7,8)9;/h16-38,41,68H,13H2,1-12,14-15H3;/q-3;. The molecule has 9 aromatic rings. The van der Waals surface area contributed by atoms with Crippen molar-refractivity contribution in [2.75, 3.05) is 10.2 Å². The molecule has 376 valence electrons. The molecule has 7 aromatic carbocycles. The van der Waals surface area contributed by atoms with Crippen molar-refractivity contribution in [1.82, 2.24) is 9.55 Å². The van der Waals surface area contributed by atoms with Crippen LogP contribution in [0.2, 0.25) is 13.1 Å². The van der Waals surface area contributed by atoms with E-state index in [1.165, 1.54) is 49.0 Å². The topological polar surface area (TPSA) is 42.3 Å². The summed E-state index contributed by atoms with van der Waals surface area (Å²) in [4.78, 5) is 7.08. The summed E-state index contributed by atoms with van der Waals surface area (Å²) >= 11 is 0. The Balaban J connectivity index is 0.00000656. The summed E-state index contributed by atoms with van der Waals surface area (Å²) in [5.41, 5.74) is 15.2. The molecule has 0 saturated carbocycles. The van der Waals surface area contributed by atoms with E-state index >= 15 is 0 Å². The fourth-order valence-corrected chi connectivity index (χ4v) is 13.4. The number of nitrogens with one attached hydrogen (secondary N) is 1. The SMILES string of the molecule is [CH2-]N(c1ccccc1Nc1[c-]c(Oc2[c-]c3c4c(c2)[Si](C)(C)c2cccc(c24)n3-c2cc(C(C)(C)C)ccn2)ccc1)c1c(-c2ccccc2)cc(C(C)(C)C)cc1-c1cc(C(C)(C)C)cc(C(C)(C)C)c1.[Pt]. The second kappa shape index (κ2) is 18.6. The predicted molar refractivity (Wildman–Crippen MR) is 309 cm³/mol. The molecule has 1 aliphatic rings. The van der Waals surface area contributed by atoms with Crippen LogP contribution in [0, 0.1) is 19.2 Å². The Morgan fingerprint density at radius 3 is 1.82 bits per heavy atom. The summed E-state index contributed by atoms with van der Waals surface area (Å²) in [6, 6.07) is 57.9. The minimum Gasteiger partial charge on any atom is -0.509 e. The molecule has 0 saturated heterocycles. The summed E-state index contributed by atoms with van der Waals surface area (Å²) in [6.07, 6.45) is 1.93. The number of hydrogen-bond donors (Lipinski definition) is 1. The Morgan fingerprint density at radius 1 is 0.562 bits per heavy atom. The maximum Gasteiger partial charge on any atom is 0.135 e. The number of para-hydroxylation sites is 2. The van der Waals surface area contributed by atoms with Gasteiger partial charge in [-0.25, -0.2) is 4.98 Å². The number of hydrogen-bond acceptors (Lipinski definition) is 4. The molecule has 0 unspecified atom stereocenters. The van der Waals surface area contributed by atoms with Crippen molar-refractivity contribution in [3.8, 4) is 39.6 Å². The van der Waals surface area contributed by atoms with Crippen molar-refractivity contribution >= 4 is 63.0 Å². The molecule has 0 atom stereocenters. The molecular weight excluding hydrogens is 1090 g/mol. The molecule has 2 aromatic heterocycles. The van der Waals surface area contributed by atoms with Crippen LogP contribution in [0.1, 0.15) is 105 Å². The van der Waals surface area contributed by atoms with Gasteiger partial charge in [-0.3, -0.25) is 7.05 Å². The first-order chi connectivity index (χ1) is 33.9. The average molecular weight is 1160 g/mol. The van der Waals surface area contributed by atoms with Crippen LogP contribution >= 0.6 is 0 Å². The predicted octanol–water partition coefficient (Wildman–Crippen LogP) is 16.9. The zero-order valence-corrected chi connectivity index (χ0v) is 48.4. The molecule has 0 bridgehead atoms. The van der Waals surface area contributed by atoms with Crippen LogP contribution in [0.15, 0.2) is 146 Å². The summed E-state index contributed by atoms with van der Waals surface area (Å²) in [5, 5.41) is 9.14. The number of ether oxygens (including phenoxy) is 1.